The minimum absolute atomic E-state index is 0.0387. The number of rotatable bonds is 2. The molecular formula is C17H19N3O3. The molecule has 1 atom stereocenters. The number of pyridine rings is 1. The maximum Gasteiger partial charge on any atom is 0.322 e. The van der Waals surface area contributed by atoms with E-state index < -0.39 is 0 Å². The third kappa shape index (κ3) is 3.06. The SMILES string of the molecule is Cn1cccc(NC(=O)N2CCCC2c2ccc(O)cc2)c1=O. The van der Waals surface area contributed by atoms with Crippen LogP contribution >= 0.6 is 0 Å². The zero-order chi connectivity index (χ0) is 16.4. The Labute approximate surface area is 134 Å². The quantitative estimate of drug-likeness (QED) is 0.894. The van der Waals surface area contributed by atoms with E-state index in [1.165, 1.54) is 4.57 Å². The summed E-state index contributed by atoms with van der Waals surface area (Å²) in [7, 11) is 1.65. The van der Waals surface area contributed by atoms with Crippen LogP contribution in [0.5, 0.6) is 5.75 Å². The molecular weight excluding hydrogens is 294 g/mol. The zero-order valence-corrected chi connectivity index (χ0v) is 12.9. The van der Waals surface area contributed by atoms with Crippen LogP contribution in [0.25, 0.3) is 0 Å². The van der Waals surface area contributed by atoms with Crippen molar-refractivity contribution in [2.24, 2.45) is 7.05 Å². The molecule has 6 heteroatoms. The van der Waals surface area contributed by atoms with Crippen LogP contribution in [-0.4, -0.2) is 27.1 Å². The average molecular weight is 313 g/mol. The van der Waals surface area contributed by atoms with Gasteiger partial charge in [-0.2, -0.15) is 0 Å². The highest BCUT2D eigenvalue weighted by Crippen LogP contribution is 2.32. The van der Waals surface area contributed by atoms with E-state index >= 15 is 0 Å². The Morgan fingerprint density at radius 3 is 2.74 bits per heavy atom. The molecule has 2 N–H and O–H groups in total. The van der Waals surface area contributed by atoms with Crippen molar-refractivity contribution >= 4 is 11.7 Å². The lowest BCUT2D eigenvalue weighted by Gasteiger charge is -2.25. The van der Waals surface area contributed by atoms with Crippen LogP contribution < -0.4 is 10.9 Å². The van der Waals surface area contributed by atoms with Gasteiger partial charge >= 0.3 is 6.03 Å². The summed E-state index contributed by atoms with van der Waals surface area (Å²) >= 11 is 0. The van der Waals surface area contributed by atoms with Crippen molar-refractivity contribution < 1.29 is 9.90 Å². The van der Waals surface area contributed by atoms with Crippen LogP contribution in [0.4, 0.5) is 10.5 Å². The lowest BCUT2D eigenvalue weighted by atomic mass is 10.0. The molecule has 1 fully saturated rings. The summed E-state index contributed by atoms with van der Waals surface area (Å²) in [5.41, 5.74) is 1.02. The van der Waals surface area contributed by atoms with Gasteiger partial charge in [0.05, 0.1) is 6.04 Å². The standard InChI is InChI=1S/C17H19N3O3/c1-19-10-2-4-14(16(19)22)18-17(23)20-11-3-5-15(20)12-6-8-13(21)9-7-12/h2,4,6-10,15,21H,3,5,11H2,1H3,(H,18,23). The molecule has 1 unspecified atom stereocenters. The Kier molecular flexibility index (Phi) is 4.06. The minimum atomic E-state index is -0.274. The summed E-state index contributed by atoms with van der Waals surface area (Å²) in [5.74, 6) is 0.204. The van der Waals surface area contributed by atoms with Gasteiger partial charge in [-0.3, -0.25) is 4.79 Å². The molecule has 1 aromatic heterocycles. The van der Waals surface area contributed by atoms with Crippen molar-refractivity contribution in [1.82, 2.24) is 9.47 Å². The topological polar surface area (TPSA) is 74.6 Å². The van der Waals surface area contributed by atoms with Crippen molar-refractivity contribution in [2.75, 3.05) is 11.9 Å². The lowest BCUT2D eigenvalue weighted by molar-refractivity contribution is 0.207. The predicted octanol–water partition coefficient (Wildman–Crippen LogP) is 2.46. The fourth-order valence-electron chi connectivity index (χ4n) is 2.93. The molecule has 1 aliphatic heterocycles. The van der Waals surface area contributed by atoms with Crippen molar-refractivity contribution in [3.8, 4) is 5.75 Å². The largest absolute Gasteiger partial charge is 0.508 e. The number of benzene rings is 1. The molecule has 2 heterocycles. The van der Waals surface area contributed by atoms with Gasteiger partial charge in [-0.1, -0.05) is 12.1 Å². The molecule has 120 valence electrons. The average Bonchev–Trinajstić information content (AvgIpc) is 3.02. The van der Waals surface area contributed by atoms with Gasteiger partial charge in [0.1, 0.15) is 11.4 Å². The highest BCUT2D eigenvalue weighted by molar-refractivity contribution is 5.89. The molecule has 1 aromatic carbocycles. The number of anilines is 1. The van der Waals surface area contributed by atoms with Crippen molar-refractivity contribution in [3.63, 3.8) is 0 Å². The first-order chi connectivity index (χ1) is 11.1. The number of likely N-dealkylation sites (tertiary alicyclic amines) is 1. The molecule has 2 aromatic rings. The smallest absolute Gasteiger partial charge is 0.322 e. The number of nitrogens with zero attached hydrogens (tertiary/aromatic N) is 2. The number of aromatic hydroxyl groups is 1. The monoisotopic (exact) mass is 313 g/mol. The van der Waals surface area contributed by atoms with Crippen LogP contribution in [0.15, 0.2) is 47.4 Å². The minimum Gasteiger partial charge on any atom is -0.508 e. The molecule has 0 spiro atoms. The number of phenolic OH excluding ortho intramolecular Hbond substituents is 1. The Bertz CT molecular complexity index is 767. The fraction of sp³-hybridized carbons (Fsp3) is 0.294. The number of amides is 2. The number of hydrogen-bond acceptors (Lipinski definition) is 3. The van der Waals surface area contributed by atoms with Gasteiger partial charge in [0.15, 0.2) is 0 Å². The predicted molar refractivity (Wildman–Crippen MR) is 87.5 cm³/mol. The van der Waals surface area contributed by atoms with Gasteiger partial charge in [0.2, 0.25) is 0 Å². The van der Waals surface area contributed by atoms with Gasteiger partial charge in [0.25, 0.3) is 5.56 Å². The normalized spacial score (nSPS) is 17.3. The first-order valence-corrected chi connectivity index (χ1v) is 7.58. The zero-order valence-electron chi connectivity index (χ0n) is 12.9. The highest BCUT2D eigenvalue weighted by Gasteiger charge is 2.30. The molecule has 0 saturated carbocycles. The number of nitrogens with one attached hydrogen (secondary N) is 1. The maximum absolute atomic E-state index is 12.5. The Hall–Kier alpha value is -2.76. The van der Waals surface area contributed by atoms with Crippen LogP contribution in [0, 0.1) is 0 Å². The Morgan fingerprint density at radius 1 is 1.26 bits per heavy atom. The third-order valence-electron chi connectivity index (χ3n) is 4.16. The van der Waals surface area contributed by atoms with Gasteiger partial charge in [-0.25, -0.2) is 4.79 Å². The summed E-state index contributed by atoms with van der Waals surface area (Å²) in [6, 6.07) is 9.91. The highest BCUT2D eigenvalue weighted by atomic mass is 16.3. The van der Waals surface area contributed by atoms with E-state index in [9.17, 15) is 14.7 Å². The van der Waals surface area contributed by atoms with E-state index in [1.807, 2.05) is 12.1 Å². The van der Waals surface area contributed by atoms with Crippen molar-refractivity contribution in [1.29, 1.82) is 0 Å². The number of carbonyl (C=O) groups is 1. The molecule has 0 bridgehead atoms. The molecule has 0 aliphatic carbocycles. The summed E-state index contributed by atoms with van der Waals surface area (Å²) < 4.78 is 1.43. The number of hydrogen-bond donors (Lipinski definition) is 2. The molecule has 6 nitrogen and oxygen atoms in total. The number of urea groups is 1. The molecule has 3 rings (SSSR count). The van der Waals surface area contributed by atoms with E-state index in [-0.39, 0.29) is 29.1 Å². The lowest BCUT2D eigenvalue weighted by Crippen LogP contribution is -2.36. The van der Waals surface area contributed by atoms with E-state index in [2.05, 4.69) is 5.32 Å². The van der Waals surface area contributed by atoms with E-state index in [0.717, 1.165) is 18.4 Å². The van der Waals surface area contributed by atoms with E-state index in [4.69, 9.17) is 0 Å². The number of aryl methyl sites for hydroxylation is 1. The van der Waals surface area contributed by atoms with Gasteiger partial charge in [0, 0.05) is 19.8 Å². The second-order valence-electron chi connectivity index (χ2n) is 5.71. The van der Waals surface area contributed by atoms with Crippen LogP contribution in [0.1, 0.15) is 24.4 Å². The number of carbonyl (C=O) groups excluding carboxylic acids is 1. The summed E-state index contributed by atoms with van der Waals surface area (Å²) in [6.07, 6.45) is 3.42. The Balaban J connectivity index is 1.79. The third-order valence-corrected chi connectivity index (χ3v) is 4.16. The molecule has 2 amide bonds. The second-order valence-corrected chi connectivity index (χ2v) is 5.71. The number of phenols is 1. The second kappa shape index (κ2) is 6.16. The molecule has 0 radical (unpaired) electrons. The van der Waals surface area contributed by atoms with Gasteiger partial charge < -0.3 is 19.9 Å². The summed E-state index contributed by atoms with van der Waals surface area (Å²) in [4.78, 5) is 26.3. The first kappa shape index (κ1) is 15.1. The summed E-state index contributed by atoms with van der Waals surface area (Å²) in [5, 5.41) is 12.1. The van der Waals surface area contributed by atoms with Crippen LogP contribution in [0.2, 0.25) is 0 Å². The molecule has 23 heavy (non-hydrogen) atoms. The molecule has 1 aliphatic rings. The van der Waals surface area contributed by atoms with E-state index in [0.29, 0.717) is 6.54 Å². The van der Waals surface area contributed by atoms with Crippen molar-refractivity contribution in [2.45, 2.75) is 18.9 Å². The van der Waals surface area contributed by atoms with Gasteiger partial charge in [-0.15, -0.1) is 0 Å². The van der Waals surface area contributed by atoms with E-state index in [1.54, 1.807) is 42.4 Å². The van der Waals surface area contributed by atoms with Crippen molar-refractivity contribution in [3.05, 3.63) is 58.5 Å². The fourth-order valence-corrected chi connectivity index (χ4v) is 2.93. The van der Waals surface area contributed by atoms with Crippen LogP contribution in [0.3, 0.4) is 0 Å². The summed E-state index contributed by atoms with van der Waals surface area (Å²) in [6.45, 7) is 0.643. The number of aromatic nitrogens is 1. The van der Waals surface area contributed by atoms with Crippen LogP contribution in [-0.2, 0) is 7.05 Å². The molecule has 1 saturated heterocycles. The van der Waals surface area contributed by atoms with Gasteiger partial charge in [-0.05, 0) is 42.7 Å². The Morgan fingerprint density at radius 2 is 2.00 bits per heavy atom. The maximum atomic E-state index is 12.5. The first-order valence-electron chi connectivity index (χ1n) is 7.58.